The molecule has 0 fully saturated rings. The molecule has 0 bridgehead atoms. The first-order chi connectivity index (χ1) is 9.56. The number of anilines is 2. The highest BCUT2D eigenvalue weighted by atomic mass is 16.5. The van der Waals surface area contributed by atoms with Gasteiger partial charge in [0, 0.05) is 18.8 Å². The minimum Gasteiger partial charge on any atom is -0.468 e. The van der Waals surface area contributed by atoms with E-state index in [1.807, 2.05) is 50.0 Å². The molecule has 0 aliphatic carbocycles. The van der Waals surface area contributed by atoms with Gasteiger partial charge in [0.25, 0.3) is 6.47 Å². The third-order valence-corrected chi connectivity index (χ3v) is 2.42. The van der Waals surface area contributed by atoms with Crippen molar-refractivity contribution in [3.8, 4) is 0 Å². The van der Waals surface area contributed by atoms with Crippen molar-refractivity contribution in [1.82, 2.24) is 14.8 Å². The van der Waals surface area contributed by atoms with E-state index in [9.17, 15) is 4.79 Å². The lowest BCUT2D eigenvalue weighted by molar-refractivity contribution is -0.128. The maximum atomic E-state index is 9.18. The van der Waals surface area contributed by atoms with E-state index < -0.39 is 0 Å². The van der Waals surface area contributed by atoms with Crippen LogP contribution >= 0.6 is 0 Å². The third-order valence-electron chi connectivity index (χ3n) is 2.42. The van der Waals surface area contributed by atoms with Gasteiger partial charge in [-0.3, -0.25) is 14.5 Å². The number of carbonyl (C=O) groups excluding carboxylic acids is 1. The molecule has 2 rings (SSSR count). The molecule has 0 saturated heterocycles. The van der Waals surface area contributed by atoms with Gasteiger partial charge < -0.3 is 10.1 Å². The highest BCUT2D eigenvalue weighted by Gasteiger charge is 2.01. The van der Waals surface area contributed by atoms with Gasteiger partial charge in [0.05, 0.1) is 24.2 Å². The molecule has 0 spiro atoms. The molecule has 2 aromatic rings. The number of hydrogen-bond donors (Lipinski definition) is 1. The molecule has 0 atom stereocenters. The summed E-state index contributed by atoms with van der Waals surface area (Å²) < 4.78 is 5.97. The smallest absolute Gasteiger partial charge is 0.293 e. The van der Waals surface area contributed by atoms with Crippen LogP contribution in [0.2, 0.25) is 0 Å². The number of aryl methyl sites for hydroxylation is 3. The summed E-state index contributed by atoms with van der Waals surface area (Å²) >= 11 is 0. The number of pyridine rings is 1. The fourth-order valence-electron chi connectivity index (χ4n) is 1.49. The molecule has 0 aliphatic rings. The summed E-state index contributed by atoms with van der Waals surface area (Å²) in [5.41, 5.74) is 2.99. The maximum absolute atomic E-state index is 9.18. The standard InChI is InChI=1S/C11H14N4.C3H6O2/c1-8-4-5-10(7-12-8)13-11-6-9(2)14-15(11)3;1-2-5-3-4/h4-7,13H,1-3H3;3H,2H2,1H3. The Morgan fingerprint density at radius 1 is 1.35 bits per heavy atom. The molecule has 6 heteroatoms. The molecule has 0 amide bonds. The van der Waals surface area contributed by atoms with Gasteiger partial charge in [-0.05, 0) is 32.9 Å². The van der Waals surface area contributed by atoms with Gasteiger partial charge >= 0.3 is 0 Å². The van der Waals surface area contributed by atoms with Gasteiger partial charge in [0.2, 0.25) is 0 Å². The van der Waals surface area contributed by atoms with Crippen LogP contribution in [0.15, 0.2) is 24.4 Å². The number of rotatable bonds is 4. The van der Waals surface area contributed by atoms with Crippen LogP contribution in [0.1, 0.15) is 18.3 Å². The van der Waals surface area contributed by atoms with E-state index in [2.05, 4.69) is 20.1 Å². The summed E-state index contributed by atoms with van der Waals surface area (Å²) in [5, 5.41) is 7.52. The second kappa shape index (κ2) is 7.93. The van der Waals surface area contributed by atoms with Crippen molar-refractivity contribution in [2.24, 2.45) is 7.05 Å². The normalized spacial score (nSPS) is 9.40. The van der Waals surface area contributed by atoms with Crippen molar-refractivity contribution in [1.29, 1.82) is 0 Å². The zero-order valence-corrected chi connectivity index (χ0v) is 12.3. The summed E-state index contributed by atoms with van der Waals surface area (Å²) in [7, 11) is 1.91. The fraction of sp³-hybridized carbons (Fsp3) is 0.357. The van der Waals surface area contributed by atoms with Gasteiger partial charge in [0.1, 0.15) is 5.82 Å². The quantitative estimate of drug-likeness (QED) is 0.868. The minimum absolute atomic E-state index is 0.431. The van der Waals surface area contributed by atoms with Crippen LogP contribution in [0.5, 0.6) is 0 Å². The first kappa shape index (κ1) is 15.7. The van der Waals surface area contributed by atoms with Crippen LogP contribution in [0.3, 0.4) is 0 Å². The molecule has 0 aliphatic heterocycles. The third kappa shape index (κ3) is 5.09. The monoisotopic (exact) mass is 276 g/mol. The molecule has 108 valence electrons. The number of nitrogens with zero attached hydrogens (tertiary/aromatic N) is 3. The number of aromatic nitrogens is 3. The average molecular weight is 276 g/mol. The van der Waals surface area contributed by atoms with Crippen LogP contribution in [0, 0.1) is 13.8 Å². The molecule has 1 N–H and O–H groups in total. The number of carbonyl (C=O) groups is 1. The first-order valence-electron chi connectivity index (χ1n) is 6.32. The van der Waals surface area contributed by atoms with E-state index in [1.165, 1.54) is 0 Å². The largest absolute Gasteiger partial charge is 0.468 e. The van der Waals surface area contributed by atoms with Crippen molar-refractivity contribution in [2.75, 3.05) is 11.9 Å². The Kier molecular flexibility index (Phi) is 6.22. The van der Waals surface area contributed by atoms with Crippen molar-refractivity contribution in [2.45, 2.75) is 20.8 Å². The molecular formula is C14H20N4O2. The van der Waals surface area contributed by atoms with Gasteiger partial charge in [-0.2, -0.15) is 5.10 Å². The van der Waals surface area contributed by atoms with E-state index in [4.69, 9.17) is 0 Å². The summed E-state index contributed by atoms with van der Waals surface area (Å²) in [5.74, 6) is 0.971. The minimum atomic E-state index is 0.431. The molecule has 2 aromatic heterocycles. The second-order valence-electron chi connectivity index (χ2n) is 4.16. The molecule has 2 heterocycles. The zero-order chi connectivity index (χ0) is 15.0. The van der Waals surface area contributed by atoms with E-state index >= 15 is 0 Å². The highest BCUT2D eigenvalue weighted by molar-refractivity contribution is 5.55. The van der Waals surface area contributed by atoms with Gasteiger partial charge in [0.15, 0.2) is 0 Å². The predicted molar refractivity (Wildman–Crippen MR) is 77.9 cm³/mol. The number of hydrogen-bond acceptors (Lipinski definition) is 5. The Balaban J connectivity index is 0.000000347. The first-order valence-corrected chi connectivity index (χ1v) is 6.32. The lowest BCUT2D eigenvalue weighted by atomic mass is 10.3. The molecule has 20 heavy (non-hydrogen) atoms. The number of nitrogens with one attached hydrogen (secondary N) is 1. The average Bonchev–Trinajstić information content (AvgIpc) is 2.72. The molecule has 0 unspecified atom stereocenters. The lowest BCUT2D eigenvalue weighted by Crippen LogP contribution is -1.99. The Hall–Kier alpha value is -2.37. The molecule has 0 saturated carbocycles. The molecular weight excluding hydrogens is 256 g/mol. The van der Waals surface area contributed by atoms with Crippen LogP contribution in [0.25, 0.3) is 0 Å². The van der Waals surface area contributed by atoms with Gasteiger partial charge in [-0.25, -0.2) is 0 Å². The number of ether oxygens (including phenoxy) is 1. The van der Waals surface area contributed by atoms with Crippen LogP contribution in [0.4, 0.5) is 11.5 Å². The Bertz CT molecular complexity index is 535. The maximum Gasteiger partial charge on any atom is 0.293 e. The fourth-order valence-corrected chi connectivity index (χ4v) is 1.49. The zero-order valence-electron chi connectivity index (χ0n) is 12.3. The Morgan fingerprint density at radius 2 is 2.10 bits per heavy atom. The Morgan fingerprint density at radius 3 is 2.50 bits per heavy atom. The molecule has 0 aromatic carbocycles. The van der Waals surface area contributed by atoms with E-state index in [-0.39, 0.29) is 0 Å². The molecule has 0 radical (unpaired) electrons. The van der Waals surface area contributed by atoms with Gasteiger partial charge in [-0.1, -0.05) is 0 Å². The highest BCUT2D eigenvalue weighted by Crippen LogP contribution is 2.15. The Labute approximate surface area is 118 Å². The summed E-state index contributed by atoms with van der Waals surface area (Å²) in [6.45, 7) is 6.61. The second-order valence-corrected chi connectivity index (χ2v) is 4.16. The SMILES string of the molecule is CCOC=O.Cc1ccc(Nc2cc(C)nn2C)cn1. The van der Waals surface area contributed by atoms with Crippen LogP contribution in [-0.2, 0) is 16.6 Å². The van der Waals surface area contributed by atoms with E-state index in [0.29, 0.717) is 13.1 Å². The predicted octanol–water partition coefficient (Wildman–Crippen LogP) is 2.35. The molecule has 6 nitrogen and oxygen atoms in total. The van der Waals surface area contributed by atoms with Crippen molar-refractivity contribution < 1.29 is 9.53 Å². The van der Waals surface area contributed by atoms with Gasteiger partial charge in [-0.15, -0.1) is 0 Å². The van der Waals surface area contributed by atoms with Crippen LogP contribution < -0.4 is 5.32 Å². The lowest BCUT2D eigenvalue weighted by Gasteiger charge is -2.05. The van der Waals surface area contributed by atoms with Crippen molar-refractivity contribution >= 4 is 18.0 Å². The summed E-state index contributed by atoms with van der Waals surface area (Å²) in [6, 6.07) is 5.98. The summed E-state index contributed by atoms with van der Waals surface area (Å²) in [6.07, 6.45) is 1.82. The van der Waals surface area contributed by atoms with Crippen molar-refractivity contribution in [3.63, 3.8) is 0 Å². The van der Waals surface area contributed by atoms with Crippen LogP contribution in [-0.4, -0.2) is 27.8 Å². The summed E-state index contributed by atoms with van der Waals surface area (Å²) in [4.78, 5) is 13.4. The topological polar surface area (TPSA) is 69.0 Å². The van der Waals surface area contributed by atoms with Crippen molar-refractivity contribution in [3.05, 3.63) is 35.8 Å². The van der Waals surface area contributed by atoms with E-state index in [0.717, 1.165) is 22.9 Å². The van der Waals surface area contributed by atoms with E-state index in [1.54, 1.807) is 6.92 Å².